The second kappa shape index (κ2) is 22.2. The number of hydrogen-bond acceptors (Lipinski definition) is 3. The zero-order valence-electron chi connectivity index (χ0n) is 19.0. The molecule has 0 saturated carbocycles. The quantitative estimate of drug-likeness (QED) is 0.121. The maximum absolute atomic E-state index is 6.20. The molecule has 0 rings (SSSR count). The lowest BCUT2D eigenvalue weighted by molar-refractivity contribution is 0.268. The summed E-state index contributed by atoms with van der Waals surface area (Å²) in [4.78, 5) is 0. The molecule has 0 aromatic heterocycles. The third-order valence-corrected chi connectivity index (χ3v) is 5.73. The molecule has 27 heavy (non-hydrogen) atoms. The lowest BCUT2D eigenvalue weighted by Gasteiger charge is -2.18. The van der Waals surface area contributed by atoms with Crippen molar-refractivity contribution in [3.05, 3.63) is 0 Å². The van der Waals surface area contributed by atoms with Gasteiger partial charge >= 0.3 is 0 Å². The van der Waals surface area contributed by atoms with E-state index in [9.17, 15) is 0 Å². The van der Waals surface area contributed by atoms with Crippen LogP contribution in [0.3, 0.4) is 0 Å². The minimum absolute atomic E-state index is 0.333. The van der Waals surface area contributed by atoms with Crippen LogP contribution >= 0.6 is 0 Å². The van der Waals surface area contributed by atoms with Crippen LogP contribution in [-0.2, 0) is 0 Å². The van der Waals surface area contributed by atoms with E-state index in [0.717, 1.165) is 25.9 Å². The summed E-state index contributed by atoms with van der Waals surface area (Å²) in [6.07, 6.45) is 26.1. The van der Waals surface area contributed by atoms with Gasteiger partial charge in [-0.05, 0) is 19.3 Å². The first-order valence-electron chi connectivity index (χ1n) is 12.5. The highest BCUT2D eigenvalue weighted by Crippen LogP contribution is 2.14. The molecule has 0 aliphatic heterocycles. The molecule has 0 spiro atoms. The molecule has 164 valence electrons. The Balaban J connectivity index is 3.14. The van der Waals surface area contributed by atoms with Crippen molar-refractivity contribution in [2.24, 2.45) is 11.6 Å². The topological polar surface area (TPSA) is 55.3 Å². The molecule has 3 nitrogen and oxygen atoms in total. The fourth-order valence-corrected chi connectivity index (χ4v) is 3.83. The van der Waals surface area contributed by atoms with Gasteiger partial charge in [-0.25, -0.2) is 5.01 Å². The van der Waals surface area contributed by atoms with Crippen molar-refractivity contribution in [1.82, 2.24) is 5.01 Å². The number of rotatable bonds is 22. The Morgan fingerprint density at radius 3 is 1.33 bits per heavy atom. The average Bonchev–Trinajstić information content (AvgIpc) is 2.66. The van der Waals surface area contributed by atoms with Crippen LogP contribution in [0.1, 0.15) is 136 Å². The van der Waals surface area contributed by atoms with Gasteiger partial charge in [0.25, 0.3) is 0 Å². The van der Waals surface area contributed by atoms with Crippen LogP contribution in [0.4, 0.5) is 0 Å². The molecule has 4 N–H and O–H groups in total. The fourth-order valence-electron chi connectivity index (χ4n) is 3.83. The van der Waals surface area contributed by atoms with Crippen molar-refractivity contribution in [3.63, 3.8) is 0 Å². The highest BCUT2D eigenvalue weighted by Gasteiger charge is 2.05. The van der Waals surface area contributed by atoms with Crippen molar-refractivity contribution in [1.29, 1.82) is 0 Å². The minimum atomic E-state index is 0.333. The fraction of sp³-hybridized carbons (Fsp3) is 1.00. The smallest absolute Gasteiger partial charge is 0.0143 e. The van der Waals surface area contributed by atoms with Gasteiger partial charge in [0, 0.05) is 19.1 Å². The summed E-state index contributed by atoms with van der Waals surface area (Å²) in [5.41, 5.74) is 6.20. The van der Waals surface area contributed by atoms with Gasteiger partial charge in [-0.15, -0.1) is 0 Å². The van der Waals surface area contributed by atoms with Crippen LogP contribution in [0, 0.1) is 0 Å². The molecular formula is C24H53N3. The van der Waals surface area contributed by atoms with E-state index in [-0.39, 0.29) is 0 Å². The molecule has 0 aromatic carbocycles. The molecular weight excluding hydrogens is 330 g/mol. The number of hydrazine groups is 1. The van der Waals surface area contributed by atoms with Crippen molar-refractivity contribution in [2.75, 3.05) is 13.1 Å². The van der Waals surface area contributed by atoms with Gasteiger partial charge in [0.1, 0.15) is 0 Å². The highest BCUT2D eigenvalue weighted by molar-refractivity contribution is 4.63. The van der Waals surface area contributed by atoms with Crippen LogP contribution in [0.2, 0.25) is 0 Å². The van der Waals surface area contributed by atoms with Gasteiger partial charge < -0.3 is 5.73 Å². The Kier molecular flexibility index (Phi) is 22.1. The summed E-state index contributed by atoms with van der Waals surface area (Å²) in [5, 5.41) is 1.91. The SMILES string of the molecule is CCCCCCCCCCCCCCCCCCC(N)CCN(N)CCC. The van der Waals surface area contributed by atoms with Gasteiger partial charge in [0.05, 0.1) is 0 Å². The second-order valence-corrected chi connectivity index (χ2v) is 8.68. The first-order chi connectivity index (χ1) is 13.2. The maximum Gasteiger partial charge on any atom is 0.0143 e. The standard InChI is InChI=1S/C24H53N3/c1-3-5-6-7-8-9-10-11-12-13-14-15-16-17-18-19-20-24(25)21-23-27(26)22-4-2/h24H,3-23,25-26H2,1-2H3. The zero-order chi connectivity index (χ0) is 20.0. The van der Waals surface area contributed by atoms with Crippen LogP contribution in [0.25, 0.3) is 0 Å². The normalized spacial score (nSPS) is 12.8. The minimum Gasteiger partial charge on any atom is -0.328 e. The Hall–Kier alpha value is -0.120. The van der Waals surface area contributed by atoms with Crippen molar-refractivity contribution < 1.29 is 0 Å². The molecule has 0 aliphatic carbocycles. The van der Waals surface area contributed by atoms with Gasteiger partial charge in [-0.2, -0.15) is 0 Å². The Bertz CT molecular complexity index is 270. The average molecular weight is 384 g/mol. The highest BCUT2D eigenvalue weighted by atomic mass is 15.4. The molecule has 0 bridgehead atoms. The first-order valence-corrected chi connectivity index (χ1v) is 12.5. The zero-order valence-corrected chi connectivity index (χ0v) is 19.0. The van der Waals surface area contributed by atoms with Crippen LogP contribution in [-0.4, -0.2) is 24.1 Å². The Labute approximate surface area is 172 Å². The predicted octanol–water partition coefficient (Wildman–Crippen LogP) is 6.94. The van der Waals surface area contributed by atoms with Crippen molar-refractivity contribution >= 4 is 0 Å². The number of unbranched alkanes of at least 4 members (excludes halogenated alkanes) is 15. The van der Waals surface area contributed by atoms with Crippen molar-refractivity contribution in [2.45, 2.75) is 142 Å². The molecule has 3 heteroatoms. The monoisotopic (exact) mass is 383 g/mol. The molecule has 0 aromatic rings. The Morgan fingerprint density at radius 1 is 0.519 bits per heavy atom. The molecule has 0 fully saturated rings. The van der Waals surface area contributed by atoms with E-state index in [1.54, 1.807) is 0 Å². The van der Waals surface area contributed by atoms with Crippen LogP contribution < -0.4 is 11.6 Å². The van der Waals surface area contributed by atoms with Gasteiger partial charge in [0.2, 0.25) is 0 Å². The van der Waals surface area contributed by atoms with E-state index >= 15 is 0 Å². The number of hydrogen-bond donors (Lipinski definition) is 2. The van der Waals surface area contributed by atoms with Gasteiger partial charge in [-0.1, -0.05) is 117 Å². The summed E-state index contributed by atoms with van der Waals surface area (Å²) in [6.45, 7) is 6.37. The summed E-state index contributed by atoms with van der Waals surface area (Å²) >= 11 is 0. The van der Waals surface area contributed by atoms with E-state index in [1.165, 1.54) is 109 Å². The van der Waals surface area contributed by atoms with Gasteiger partial charge in [-0.3, -0.25) is 5.84 Å². The number of nitrogens with two attached hydrogens (primary N) is 2. The molecule has 1 unspecified atom stereocenters. The van der Waals surface area contributed by atoms with E-state index in [2.05, 4.69) is 13.8 Å². The van der Waals surface area contributed by atoms with E-state index in [0.29, 0.717) is 6.04 Å². The van der Waals surface area contributed by atoms with Crippen LogP contribution in [0.5, 0.6) is 0 Å². The van der Waals surface area contributed by atoms with Crippen molar-refractivity contribution in [3.8, 4) is 0 Å². The predicted molar refractivity (Wildman–Crippen MR) is 123 cm³/mol. The molecule has 0 aliphatic rings. The number of nitrogens with zero attached hydrogens (tertiary/aromatic N) is 1. The first kappa shape index (κ1) is 26.9. The molecule has 0 heterocycles. The third-order valence-electron chi connectivity index (χ3n) is 5.73. The van der Waals surface area contributed by atoms with E-state index < -0.39 is 0 Å². The maximum atomic E-state index is 6.20. The summed E-state index contributed by atoms with van der Waals surface area (Å²) in [7, 11) is 0. The third kappa shape index (κ3) is 22.0. The second-order valence-electron chi connectivity index (χ2n) is 8.68. The molecule has 0 amide bonds. The van der Waals surface area contributed by atoms with Crippen LogP contribution in [0.15, 0.2) is 0 Å². The van der Waals surface area contributed by atoms with E-state index in [1.807, 2.05) is 5.01 Å². The largest absolute Gasteiger partial charge is 0.328 e. The van der Waals surface area contributed by atoms with Gasteiger partial charge in [0.15, 0.2) is 0 Å². The van der Waals surface area contributed by atoms with E-state index in [4.69, 9.17) is 11.6 Å². The lowest BCUT2D eigenvalue weighted by atomic mass is 10.0. The molecule has 1 atom stereocenters. The Morgan fingerprint density at radius 2 is 0.926 bits per heavy atom. The lowest BCUT2D eigenvalue weighted by Crippen LogP contribution is -2.36. The summed E-state index contributed by atoms with van der Waals surface area (Å²) < 4.78 is 0. The summed E-state index contributed by atoms with van der Waals surface area (Å²) in [5.74, 6) is 5.90. The molecule has 0 radical (unpaired) electrons. The summed E-state index contributed by atoms with van der Waals surface area (Å²) in [6, 6.07) is 0.333. The molecule has 0 saturated heterocycles.